The Labute approximate surface area is 283 Å². The van der Waals surface area contributed by atoms with Gasteiger partial charge < -0.3 is 28.4 Å². The molecule has 4 aromatic carbocycles. The predicted molar refractivity (Wildman–Crippen MR) is 179 cm³/mol. The van der Waals surface area contributed by atoms with Gasteiger partial charge in [-0.05, 0) is 45.7 Å². The number of ether oxygens (including phenoxy) is 6. The summed E-state index contributed by atoms with van der Waals surface area (Å²) in [5.41, 5.74) is 4.55. The highest BCUT2D eigenvalue weighted by Crippen LogP contribution is 2.44. The first-order chi connectivity index (χ1) is 23.5. The van der Waals surface area contributed by atoms with E-state index in [2.05, 4.69) is 0 Å². The van der Waals surface area contributed by atoms with Gasteiger partial charge in [0.2, 0.25) is 0 Å². The van der Waals surface area contributed by atoms with Crippen LogP contribution in [0.4, 0.5) is 4.79 Å². The van der Waals surface area contributed by atoms with E-state index in [0.29, 0.717) is 11.3 Å². The third kappa shape index (κ3) is 7.26. The lowest BCUT2D eigenvalue weighted by atomic mass is 9.98. The molecule has 9 nitrogen and oxygen atoms in total. The minimum atomic E-state index is -1.38. The summed E-state index contributed by atoms with van der Waals surface area (Å²) in [6.07, 6.45) is -5.98. The molecule has 0 bridgehead atoms. The van der Waals surface area contributed by atoms with Gasteiger partial charge in [0.05, 0.1) is 19.3 Å². The van der Waals surface area contributed by atoms with Gasteiger partial charge in [-0.1, -0.05) is 104 Å². The maximum atomic E-state index is 13.5. The molecule has 0 unspecified atom stereocenters. The van der Waals surface area contributed by atoms with Crippen LogP contribution in [0.3, 0.4) is 0 Å². The molecule has 1 saturated heterocycles. The van der Waals surface area contributed by atoms with Crippen molar-refractivity contribution >= 4 is 29.9 Å². The van der Waals surface area contributed by atoms with Crippen molar-refractivity contribution in [3.05, 3.63) is 131 Å². The van der Waals surface area contributed by atoms with E-state index in [0.717, 1.165) is 27.8 Å². The first-order valence-corrected chi connectivity index (χ1v) is 16.8. The van der Waals surface area contributed by atoms with Crippen LogP contribution in [0.25, 0.3) is 11.1 Å². The minimum Gasteiger partial charge on any atom is -0.467 e. The highest BCUT2D eigenvalue weighted by molar-refractivity contribution is 7.99. The van der Waals surface area contributed by atoms with Crippen LogP contribution in [0, 0.1) is 0 Å². The third-order valence-corrected chi connectivity index (χ3v) is 9.40. The van der Waals surface area contributed by atoms with Crippen molar-refractivity contribution in [1.29, 1.82) is 0 Å². The fraction of sp³-hybridized carbons (Fsp3) is 0.289. The molecule has 1 fully saturated rings. The molecule has 2 aliphatic rings. The van der Waals surface area contributed by atoms with Crippen molar-refractivity contribution in [2.24, 2.45) is 0 Å². The summed E-state index contributed by atoms with van der Waals surface area (Å²) >= 11 is 1.33. The zero-order valence-corrected chi connectivity index (χ0v) is 27.4. The summed E-state index contributed by atoms with van der Waals surface area (Å²) in [5, 5.41) is 0. The van der Waals surface area contributed by atoms with Crippen molar-refractivity contribution in [2.45, 2.75) is 49.3 Å². The van der Waals surface area contributed by atoms with Gasteiger partial charge in [-0.25, -0.2) is 14.4 Å². The normalized spacial score (nSPS) is 21.4. The molecule has 0 saturated carbocycles. The van der Waals surface area contributed by atoms with Crippen LogP contribution in [0.15, 0.2) is 109 Å². The van der Waals surface area contributed by atoms with Gasteiger partial charge in [0, 0.05) is 5.92 Å². The van der Waals surface area contributed by atoms with E-state index >= 15 is 0 Å². The van der Waals surface area contributed by atoms with E-state index in [1.165, 1.54) is 18.9 Å². The van der Waals surface area contributed by atoms with Crippen LogP contribution in [0.5, 0.6) is 0 Å². The first kappa shape index (κ1) is 33.3. The lowest BCUT2D eigenvalue weighted by Crippen LogP contribution is -2.62. The fourth-order valence-corrected chi connectivity index (χ4v) is 7.05. The lowest BCUT2D eigenvalue weighted by molar-refractivity contribution is -0.227. The summed E-state index contributed by atoms with van der Waals surface area (Å²) in [5.74, 6) is -1.02. The number of carbonyl (C=O) groups is 3. The minimum absolute atomic E-state index is 0.000396. The first-order valence-electron chi connectivity index (χ1n) is 15.8. The van der Waals surface area contributed by atoms with E-state index in [1.807, 2.05) is 85.8 Å². The molecule has 0 aromatic heterocycles. The van der Waals surface area contributed by atoms with Crippen LogP contribution < -0.4 is 0 Å². The lowest BCUT2D eigenvalue weighted by Gasteiger charge is -2.43. The van der Waals surface area contributed by atoms with Gasteiger partial charge >= 0.3 is 18.1 Å². The summed E-state index contributed by atoms with van der Waals surface area (Å²) < 4.78 is 35.3. The van der Waals surface area contributed by atoms with Crippen molar-refractivity contribution in [1.82, 2.24) is 0 Å². The van der Waals surface area contributed by atoms with Gasteiger partial charge in [-0.2, -0.15) is 0 Å². The molecule has 6 rings (SSSR count). The second-order valence-corrected chi connectivity index (χ2v) is 12.6. The molecule has 248 valence electrons. The average molecular weight is 669 g/mol. The average Bonchev–Trinajstić information content (AvgIpc) is 3.45. The van der Waals surface area contributed by atoms with Crippen molar-refractivity contribution < 1.29 is 42.8 Å². The van der Waals surface area contributed by atoms with Gasteiger partial charge in [0.1, 0.15) is 18.1 Å². The van der Waals surface area contributed by atoms with Crippen molar-refractivity contribution in [3.63, 3.8) is 0 Å². The molecule has 1 aliphatic carbocycles. The Morgan fingerprint density at radius 1 is 0.729 bits per heavy atom. The Kier molecular flexibility index (Phi) is 10.7. The Hall–Kier alpha value is -4.64. The van der Waals surface area contributed by atoms with Crippen LogP contribution >= 0.6 is 11.8 Å². The van der Waals surface area contributed by atoms with Crippen LogP contribution in [0.1, 0.15) is 39.9 Å². The Balaban J connectivity index is 1.28. The molecule has 4 aromatic rings. The van der Waals surface area contributed by atoms with Crippen molar-refractivity contribution in [3.8, 4) is 11.1 Å². The summed E-state index contributed by atoms with van der Waals surface area (Å²) in [4.78, 5) is 40.0. The zero-order chi connectivity index (χ0) is 33.5. The number of hydrogen-bond donors (Lipinski definition) is 0. The van der Waals surface area contributed by atoms with Gasteiger partial charge in [0.15, 0.2) is 18.3 Å². The number of carbonyl (C=O) groups excluding carboxylic acids is 3. The van der Waals surface area contributed by atoms with Crippen LogP contribution in [-0.2, 0) is 39.8 Å². The molecular weight excluding hydrogens is 632 g/mol. The Morgan fingerprint density at radius 3 is 1.96 bits per heavy atom. The maximum absolute atomic E-state index is 13.5. The number of esters is 2. The largest absolute Gasteiger partial charge is 0.508 e. The smallest absolute Gasteiger partial charge is 0.467 e. The molecule has 1 aliphatic heterocycles. The van der Waals surface area contributed by atoms with Crippen molar-refractivity contribution in [2.75, 3.05) is 19.5 Å². The third-order valence-electron chi connectivity index (χ3n) is 8.36. The molecule has 0 N–H and O–H groups in total. The highest BCUT2D eigenvalue weighted by atomic mass is 32.2. The monoisotopic (exact) mass is 668 g/mol. The molecule has 10 heteroatoms. The fourth-order valence-electron chi connectivity index (χ4n) is 6.13. The van der Waals surface area contributed by atoms with Gasteiger partial charge in [-0.15, -0.1) is 11.8 Å². The molecular formula is C38H36O9S. The second-order valence-electron chi connectivity index (χ2n) is 11.3. The van der Waals surface area contributed by atoms with E-state index in [-0.39, 0.29) is 19.1 Å². The molecule has 1 heterocycles. The number of rotatable bonds is 11. The summed E-state index contributed by atoms with van der Waals surface area (Å²) in [7, 11) is 1.22. The van der Waals surface area contributed by atoms with E-state index < -0.39 is 47.9 Å². The quantitative estimate of drug-likeness (QED) is 0.125. The number of hydrogen-bond acceptors (Lipinski definition) is 10. The summed E-state index contributed by atoms with van der Waals surface area (Å²) in [6, 6.07) is 33.9. The number of fused-ring (bicyclic) bond motifs is 3. The summed E-state index contributed by atoms with van der Waals surface area (Å²) in [6.45, 7) is 1.99. The van der Waals surface area contributed by atoms with E-state index in [1.54, 1.807) is 30.3 Å². The van der Waals surface area contributed by atoms with E-state index in [9.17, 15) is 14.4 Å². The highest BCUT2D eigenvalue weighted by Gasteiger charge is 2.54. The van der Waals surface area contributed by atoms with Crippen LogP contribution in [-0.4, -0.2) is 67.4 Å². The maximum Gasteiger partial charge on any atom is 0.508 e. The number of methoxy groups -OCH3 is 1. The number of benzene rings is 4. The second kappa shape index (κ2) is 15.5. The predicted octanol–water partition coefficient (Wildman–Crippen LogP) is 6.78. The molecule has 0 spiro atoms. The molecule has 0 radical (unpaired) electrons. The SMILES string of the molecule is CCS[C@H]1O[C@@H](C(=O)OC)[C@@H](OC(=O)OCC2c3ccccc3-c3ccccc32)[C@H](OCc2ccccc2)[C@H]1OC(=O)c1ccccc1. The Bertz CT molecular complexity index is 1670. The van der Waals surface area contributed by atoms with Gasteiger partial charge in [0.25, 0.3) is 0 Å². The van der Waals surface area contributed by atoms with E-state index in [4.69, 9.17) is 28.4 Å². The molecule has 5 atom stereocenters. The number of thioether (sulfide) groups is 1. The zero-order valence-electron chi connectivity index (χ0n) is 26.6. The van der Waals surface area contributed by atoms with Crippen LogP contribution in [0.2, 0.25) is 0 Å². The standard InChI is InChI=1S/C38H36O9S/c1-3-48-37-34(45-35(39)25-16-8-5-9-17-25)31(43-22-24-14-6-4-7-15-24)32(33(46-37)36(40)42-2)47-38(41)44-23-30-28-20-12-10-18-26(28)27-19-11-13-21-29(27)30/h4-21,30-34,37H,3,22-23H2,1-2H3/t31-,32-,33+,34+,37+/m0/s1. The Morgan fingerprint density at radius 2 is 1.33 bits per heavy atom. The molecule has 48 heavy (non-hydrogen) atoms. The topological polar surface area (TPSA) is 107 Å². The molecule has 0 amide bonds. The van der Waals surface area contributed by atoms with Gasteiger partial charge in [-0.3, -0.25) is 0 Å².